The molecule has 66 heavy (non-hydrogen) atoms. The van der Waals surface area contributed by atoms with Crippen LogP contribution in [0.25, 0.3) is 33.9 Å². The van der Waals surface area contributed by atoms with Crippen LogP contribution >= 0.6 is 63.7 Å². The highest BCUT2D eigenvalue weighted by Crippen LogP contribution is 2.38. The van der Waals surface area contributed by atoms with Crippen molar-refractivity contribution in [3.05, 3.63) is 209 Å². The van der Waals surface area contributed by atoms with Crippen molar-refractivity contribution in [3.63, 3.8) is 0 Å². The van der Waals surface area contributed by atoms with Crippen molar-refractivity contribution < 1.29 is 37.7 Å². The third kappa shape index (κ3) is 11.4. The number of halogens is 6. The molecule has 2 heterocycles. The molecule has 0 aliphatic rings. The Balaban J connectivity index is 0.000000197. The maximum atomic E-state index is 13.7. The number of hydrogen-bond acceptors (Lipinski definition) is 5. The minimum absolute atomic E-state index is 0.182. The molecule has 8 nitrogen and oxygen atoms in total. The van der Waals surface area contributed by atoms with Crippen LogP contribution in [0.5, 0.6) is 11.5 Å². The summed E-state index contributed by atoms with van der Waals surface area (Å²) in [6.07, 6.45) is 0. The highest BCUT2D eigenvalue weighted by molar-refractivity contribution is 9.11. The number of benzene rings is 6. The average molecular weight is 1150 g/mol. The molecule has 6 aromatic carbocycles. The van der Waals surface area contributed by atoms with Gasteiger partial charge in [0.25, 0.3) is 0 Å². The number of aromatic carboxylic acids is 1. The fourth-order valence-electron chi connectivity index (χ4n) is 7.22. The van der Waals surface area contributed by atoms with Gasteiger partial charge in [0, 0.05) is 62.9 Å². The van der Waals surface area contributed by atoms with Crippen LogP contribution in [0.3, 0.4) is 0 Å². The van der Waals surface area contributed by atoms with Crippen molar-refractivity contribution in [2.24, 2.45) is 0 Å². The van der Waals surface area contributed by atoms with Gasteiger partial charge in [0.05, 0.1) is 29.1 Å². The summed E-state index contributed by atoms with van der Waals surface area (Å²) in [5.74, 6) is -0.707. The van der Waals surface area contributed by atoms with Crippen molar-refractivity contribution in [2.75, 3.05) is 6.61 Å². The van der Waals surface area contributed by atoms with E-state index in [1.54, 1.807) is 43.3 Å². The Morgan fingerprint density at radius 2 is 1.02 bits per heavy atom. The zero-order valence-electron chi connectivity index (χ0n) is 35.6. The highest BCUT2D eigenvalue weighted by Gasteiger charge is 2.19. The lowest BCUT2D eigenvalue weighted by atomic mass is 10.1. The zero-order chi connectivity index (χ0) is 47.1. The molecule has 8 rings (SSSR count). The first-order valence-electron chi connectivity index (χ1n) is 20.4. The third-order valence-corrected chi connectivity index (χ3v) is 12.9. The van der Waals surface area contributed by atoms with Gasteiger partial charge in [-0.3, -0.25) is 0 Å². The Kier molecular flexibility index (Phi) is 15.8. The van der Waals surface area contributed by atoms with Gasteiger partial charge in [-0.05, 0) is 154 Å². The van der Waals surface area contributed by atoms with Crippen LogP contribution in [0.4, 0.5) is 8.78 Å². The van der Waals surface area contributed by atoms with E-state index in [2.05, 4.69) is 68.3 Å². The van der Waals surface area contributed by atoms with E-state index in [0.29, 0.717) is 34.8 Å². The zero-order valence-corrected chi connectivity index (χ0v) is 42.0. The maximum Gasteiger partial charge on any atom is 0.338 e. The average Bonchev–Trinajstić information content (AvgIpc) is 3.89. The van der Waals surface area contributed by atoms with Crippen LogP contribution in [0, 0.1) is 25.5 Å². The molecule has 0 saturated heterocycles. The van der Waals surface area contributed by atoms with Gasteiger partial charge in [0.15, 0.2) is 0 Å². The number of carboxylic acids is 1. The second kappa shape index (κ2) is 21.7. The summed E-state index contributed by atoms with van der Waals surface area (Å²) in [5, 5.41) is 9.40. The standard InChI is InChI=1S/C27H22Br2FNO3.C25H18Br2FNO3/c1-3-33-27(32)18-5-4-6-22(14-18)31-17(2)7-11-25(31)23-15-20(28)8-12-26(23)34-16-19-13-21(30)9-10-24(19)29;1-15-5-9-23(29(15)20-4-2-3-16(12-20)25(30)31)21-13-18(26)6-10-24(21)32-14-17-11-19(28)7-8-22(17)27/h4-15H,3,16H2,1-2H3;2-13H,14H2,1H3,(H,30,31). The van der Waals surface area contributed by atoms with Gasteiger partial charge in [-0.2, -0.15) is 0 Å². The Labute approximate surface area is 414 Å². The molecule has 0 radical (unpaired) electrons. The summed E-state index contributed by atoms with van der Waals surface area (Å²) >= 11 is 14.0. The summed E-state index contributed by atoms with van der Waals surface area (Å²) in [6.45, 7) is 6.44. The Hall–Kier alpha value is -5.80. The monoisotopic (exact) mass is 1140 g/mol. The molecule has 0 bridgehead atoms. The molecule has 0 unspecified atom stereocenters. The van der Waals surface area contributed by atoms with Gasteiger partial charge in [-0.1, -0.05) is 75.9 Å². The van der Waals surface area contributed by atoms with Crippen molar-refractivity contribution >= 4 is 75.7 Å². The number of hydrogen-bond donors (Lipinski definition) is 1. The van der Waals surface area contributed by atoms with Crippen molar-refractivity contribution in [1.29, 1.82) is 0 Å². The van der Waals surface area contributed by atoms with E-state index in [9.17, 15) is 23.5 Å². The fraction of sp³-hybridized carbons (Fsp3) is 0.115. The van der Waals surface area contributed by atoms with Crippen molar-refractivity contribution in [1.82, 2.24) is 9.13 Å². The van der Waals surface area contributed by atoms with E-state index in [0.717, 1.165) is 63.2 Å². The summed E-state index contributed by atoms with van der Waals surface area (Å²) < 4.78 is 52.2. The minimum Gasteiger partial charge on any atom is -0.488 e. The number of ether oxygens (including phenoxy) is 3. The quantitative estimate of drug-likeness (QED) is 0.116. The lowest BCUT2D eigenvalue weighted by Gasteiger charge is -2.17. The van der Waals surface area contributed by atoms with Crippen LogP contribution < -0.4 is 9.47 Å². The predicted octanol–water partition coefficient (Wildman–Crippen LogP) is 15.3. The summed E-state index contributed by atoms with van der Waals surface area (Å²) in [5.41, 5.74) is 9.04. The molecular weight excluding hydrogens is 1110 g/mol. The molecule has 0 saturated carbocycles. The third-order valence-electron chi connectivity index (χ3n) is 10.3. The van der Waals surface area contributed by atoms with Gasteiger partial charge in [0.1, 0.15) is 36.3 Å². The van der Waals surface area contributed by atoms with E-state index in [1.165, 1.54) is 24.3 Å². The predicted molar refractivity (Wildman–Crippen MR) is 267 cm³/mol. The van der Waals surface area contributed by atoms with Gasteiger partial charge in [-0.25, -0.2) is 18.4 Å². The Morgan fingerprint density at radius 3 is 1.47 bits per heavy atom. The number of carboxylic acid groups (broad SMARTS) is 1. The maximum absolute atomic E-state index is 13.7. The minimum atomic E-state index is -0.981. The molecule has 0 fully saturated rings. The van der Waals surface area contributed by atoms with E-state index in [1.807, 2.05) is 103 Å². The molecular formula is C52H40Br4F2N2O6. The lowest BCUT2D eigenvalue weighted by molar-refractivity contribution is 0.0525. The number of nitrogens with zero attached hydrogens (tertiary/aromatic N) is 2. The molecule has 1 N–H and O–H groups in total. The molecule has 0 amide bonds. The molecule has 0 aliphatic heterocycles. The number of esters is 1. The number of rotatable bonds is 13. The smallest absolute Gasteiger partial charge is 0.338 e. The van der Waals surface area contributed by atoms with E-state index >= 15 is 0 Å². The molecule has 0 aliphatic carbocycles. The summed E-state index contributed by atoms with van der Waals surface area (Å²) in [7, 11) is 0. The number of aromatic nitrogens is 2. The topological polar surface area (TPSA) is 91.9 Å². The SMILES string of the molecule is CCOC(=O)c1cccc(-n2c(C)ccc2-c2cc(Br)ccc2OCc2cc(F)ccc2Br)c1.Cc1ccc(-c2cc(Br)ccc2OCc2cc(F)ccc2Br)n1-c1cccc(C(=O)O)c1. The first-order valence-corrected chi connectivity index (χ1v) is 23.6. The Morgan fingerprint density at radius 1 is 0.561 bits per heavy atom. The molecule has 0 atom stereocenters. The van der Waals surface area contributed by atoms with Gasteiger partial charge >= 0.3 is 11.9 Å². The second-order valence-corrected chi connectivity index (χ2v) is 18.4. The van der Waals surface area contributed by atoms with Crippen LogP contribution in [0.15, 0.2) is 163 Å². The van der Waals surface area contributed by atoms with Gasteiger partial charge < -0.3 is 28.5 Å². The van der Waals surface area contributed by atoms with Crippen LogP contribution in [-0.4, -0.2) is 32.8 Å². The molecule has 0 spiro atoms. The van der Waals surface area contributed by atoms with Gasteiger partial charge in [0.2, 0.25) is 0 Å². The first-order chi connectivity index (χ1) is 31.7. The van der Waals surface area contributed by atoms with E-state index in [4.69, 9.17) is 14.2 Å². The fourth-order valence-corrected chi connectivity index (χ4v) is 8.67. The Bertz CT molecular complexity index is 3080. The van der Waals surface area contributed by atoms with Crippen LogP contribution in [0.1, 0.15) is 50.2 Å². The van der Waals surface area contributed by atoms with Crippen molar-refractivity contribution in [2.45, 2.75) is 34.0 Å². The van der Waals surface area contributed by atoms with E-state index < -0.39 is 5.97 Å². The lowest BCUT2D eigenvalue weighted by Crippen LogP contribution is -2.07. The number of aryl methyl sites for hydroxylation is 2. The molecule has 336 valence electrons. The van der Waals surface area contributed by atoms with Crippen LogP contribution in [-0.2, 0) is 18.0 Å². The normalized spacial score (nSPS) is 10.9. The molecule has 2 aromatic heterocycles. The summed E-state index contributed by atoms with van der Waals surface area (Å²) in [6, 6.07) is 42.6. The number of carbonyl (C=O) groups excluding carboxylic acids is 1. The van der Waals surface area contributed by atoms with Crippen LogP contribution in [0.2, 0.25) is 0 Å². The van der Waals surface area contributed by atoms with E-state index in [-0.39, 0.29) is 36.4 Å². The molecule has 14 heteroatoms. The number of carbonyl (C=O) groups is 2. The first kappa shape index (κ1) is 48.1. The van der Waals surface area contributed by atoms with Gasteiger partial charge in [-0.15, -0.1) is 0 Å². The van der Waals surface area contributed by atoms with Crippen molar-refractivity contribution in [3.8, 4) is 45.4 Å². The largest absolute Gasteiger partial charge is 0.488 e. The summed E-state index contributed by atoms with van der Waals surface area (Å²) in [4.78, 5) is 23.8. The molecule has 8 aromatic rings. The highest BCUT2D eigenvalue weighted by atomic mass is 79.9. The second-order valence-electron chi connectivity index (χ2n) is 14.8.